The van der Waals surface area contributed by atoms with E-state index in [0.717, 1.165) is 49.9 Å². The number of piperazine rings is 1. The Labute approximate surface area is 188 Å². The van der Waals surface area contributed by atoms with Crippen LogP contribution in [0.4, 0.5) is 4.39 Å². The van der Waals surface area contributed by atoms with Gasteiger partial charge in [0.25, 0.3) is 0 Å². The highest BCUT2D eigenvalue weighted by molar-refractivity contribution is 14.0. The van der Waals surface area contributed by atoms with Crippen molar-refractivity contribution in [2.45, 2.75) is 12.6 Å². The van der Waals surface area contributed by atoms with Gasteiger partial charge in [-0.2, -0.15) is 0 Å². The summed E-state index contributed by atoms with van der Waals surface area (Å²) in [6.45, 7) is 5.21. The van der Waals surface area contributed by atoms with Crippen LogP contribution in [0, 0.1) is 5.82 Å². The van der Waals surface area contributed by atoms with E-state index >= 15 is 0 Å². The molecule has 0 saturated carbocycles. The Morgan fingerprint density at radius 2 is 1.90 bits per heavy atom. The van der Waals surface area contributed by atoms with E-state index in [9.17, 15) is 4.39 Å². The monoisotopic (exact) mass is 516 g/mol. The SMILES string of the molecule is CN=C(NCC(c1ccc(F)cc1)N(C)C)N1CCN(Cc2ccon2)CC1.I. The number of aliphatic imine (C=N–C) groups is 1. The second-order valence-corrected chi connectivity index (χ2v) is 7.21. The molecule has 1 atom stereocenters. The van der Waals surface area contributed by atoms with E-state index in [1.54, 1.807) is 6.26 Å². The number of benzene rings is 1. The second kappa shape index (κ2) is 11.5. The van der Waals surface area contributed by atoms with Crippen LogP contribution < -0.4 is 5.32 Å². The maximum atomic E-state index is 13.2. The third-order valence-electron chi connectivity index (χ3n) is 5.09. The molecule has 7 nitrogen and oxygen atoms in total. The van der Waals surface area contributed by atoms with Crippen LogP contribution in [0.1, 0.15) is 17.3 Å². The number of aromatic nitrogens is 1. The highest BCUT2D eigenvalue weighted by atomic mass is 127. The normalized spacial score (nSPS) is 16.6. The van der Waals surface area contributed by atoms with E-state index in [0.29, 0.717) is 6.54 Å². The molecule has 0 radical (unpaired) electrons. The molecule has 1 fully saturated rings. The van der Waals surface area contributed by atoms with Gasteiger partial charge in [-0.1, -0.05) is 17.3 Å². The van der Waals surface area contributed by atoms with Crippen LogP contribution in [0.5, 0.6) is 0 Å². The van der Waals surface area contributed by atoms with Crippen molar-refractivity contribution in [2.24, 2.45) is 4.99 Å². The van der Waals surface area contributed by atoms with Gasteiger partial charge in [0.2, 0.25) is 0 Å². The summed E-state index contributed by atoms with van der Waals surface area (Å²) < 4.78 is 18.2. The summed E-state index contributed by atoms with van der Waals surface area (Å²) in [6, 6.07) is 8.73. The fourth-order valence-electron chi connectivity index (χ4n) is 3.47. The summed E-state index contributed by atoms with van der Waals surface area (Å²) in [6.07, 6.45) is 1.61. The number of guanidine groups is 1. The lowest BCUT2D eigenvalue weighted by molar-refractivity contribution is 0.168. The first-order chi connectivity index (χ1) is 13.6. The summed E-state index contributed by atoms with van der Waals surface area (Å²) in [5.41, 5.74) is 2.04. The molecule has 1 saturated heterocycles. The quantitative estimate of drug-likeness (QED) is 0.362. The van der Waals surface area contributed by atoms with Gasteiger partial charge < -0.3 is 19.6 Å². The first-order valence-corrected chi connectivity index (χ1v) is 9.56. The molecule has 1 aromatic carbocycles. The summed E-state index contributed by atoms with van der Waals surface area (Å²) in [5.74, 6) is 0.684. The predicted molar refractivity (Wildman–Crippen MR) is 123 cm³/mol. The number of rotatable bonds is 6. The van der Waals surface area contributed by atoms with E-state index in [1.165, 1.54) is 12.1 Å². The lowest BCUT2D eigenvalue weighted by atomic mass is 10.1. The zero-order valence-corrected chi connectivity index (χ0v) is 19.5. The van der Waals surface area contributed by atoms with Crippen LogP contribution >= 0.6 is 24.0 Å². The molecule has 0 amide bonds. The molecule has 0 aliphatic carbocycles. The Morgan fingerprint density at radius 3 is 2.45 bits per heavy atom. The summed E-state index contributed by atoms with van der Waals surface area (Å²) in [4.78, 5) is 11.2. The largest absolute Gasteiger partial charge is 0.364 e. The highest BCUT2D eigenvalue weighted by Gasteiger charge is 2.22. The number of nitrogens with zero attached hydrogens (tertiary/aromatic N) is 5. The molecule has 3 rings (SSSR count). The highest BCUT2D eigenvalue weighted by Crippen LogP contribution is 2.18. The molecule has 2 aromatic rings. The van der Waals surface area contributed by atoms with Crippen molar-refractivity contribution < 1.29 is 8.91 Å². The van der Waals surface area contributed by atoms with Crippen molar-refractivity contribution in [3.05, 3.63) is 53.7 Å². The second-order valence-electron chi connectivity index (χ2n) is 7.21. The number of halogens is 2. The van der Waals surface area contributed by atoms with Crippen LogP contribution in [-0.2, 0) is 6.54 Å². The molecule has 0 bridgehead atoms. The molecule has 1 unspecified atom stereocenters. The van der Waals surface area contributed by atoms with E-state index in [4.69, 9.17) is 4.52 Å². The van der Waals surface area contributed by atoms with Gasteiger partial charge in [-0.3, -0.25) is 9.89 Å². The van der Waals surface area contributed by atoms with E-state index < -0.39 is 0 Å². The molecule has 29 heavy (non-hydrogen) atoms. The van der Waals surface area contributed by atoms with E-state index in [2.05, 4.69) is 30.2 Å². The minimum atomic E-state index is -0.214. The zero-order valence-electron chi connectivity index (χ0n) is 17.2. The van der Waals surface area contributed by atoms with Crippen LogP contribution in [0.2, 0.25) is 0 Å². The Balaban J connectivity index is 0.00000300. The molecule has 160 valence electrons. The number of nitrogens with one attached hydrogen (secondary N) is 1. The Bertz CT molecular complexity index is 745. The average molecular weight is 516 g/mol. The van der Waals surface area contributed by atoms with Gasteiger partial charge in [-0.15, -0.1) is 24.0 Å². The van der Waals surface area contributed by atoms with E-state index in [1.807, 2.05) is 39.3 Å². The van der Waals surface area contributed by atoms with Crippen molar-refractivity contribution in [3.63, 3.8) is 0 Å². The minimum Gasteiger partial charge on any atom is -0.364 e. The first-order valence-electron chi connectivity index (χ1n) is 9.56. The maximum Gasteiger partial charge on any atom is 0.193 e. The van der Waals surface area contributed by atoms with Crippen molar-refractivity contribution >= 4 is 29.9 Å². The van der Waals surface area contributed by atoms with Crippen molar-refractivity contribution in [1.82, 2.24) is 25.2 Å². The lowest BCUT2D eigenvalue weighted by Crippen LogP contribution is -2.53. The standard InChI is InChI=1S/C20H29FN6O.HI/c1-22-20(23-14-19(25(2)3)16-4-6-17(21)7-5-16)27-11-9-26(10-12-27)15-18-8-13-28-24-18;/h4-8,13,19H,9-12,14-15H2,1-3H3,(H,22,23);1H. The average Bonchev–Trinajstić information content (AvgIpc) is 3.20. The van der Waals surface area contributed by atoms with Gasteiger partial charge >= 0.3 is 0 Å². The van der Waals surface area contributed by atoms with Crippen LogP contribution in [0.15, 0.2) is 46.1 Å². The van der Waals surface area contributed by atoms with Crippen LogP contribution in [0.3, 0.4) is 0 Å². The fourth-order valence-corrected chi connectivity index (χ4v) is 3.47. The third-order valence-corrected chi connectivity index (χ3v) is 5.09. The Hall–Kier alpha value is -1.72. The number of hydrogen-bond acceptors (Lipinski definition) is 5. The van der Waals surface area contributed by atoms with Gasteiger partial charge in [-0.25, -0.2) is 4.39 Å². The minimum absolute atomic E-state index is 0. The topological polar surface area (TPSA) is 60.1 Å². The number of likely N-dealkylation sites (N-methyl/N-ethyl adjacent to an activating group) is 1. The Morgan fingerprint density at radius 1 is 1.21 bits per heavy atom. The fraction of sp³-hybridized carbons (Fsp3) is 0.500. The first kappa shape index (κ1) is 23.6. The molecular weight excluding hydrogens is 486 g/mol. The van der Waals surface area contributed by atoms with Gasteiger partial charge in [0, 0.05) is 52.4 Å². The third kappa shape index (κ3) is 6.65. The van der Waals surface area contributed by atoms with E-state index in [-0.39, 0.29) is 35.8 Å². The summed E-state index contributed by atoms with van der Waals surface area (Å²) in [5, 5.41) is 7.47. The molecule has 9 heteroatoms. The van der Waals surface area contributed by atoms with Crippen LogP contribution in [-0.4, -0.2) is 79.7 Å². The molecule has 1 aliphatic rings. The summed E-state index contributed by atoms with van der Waals surface area (Å²) >= 11 is 0. The lowest BCUT2D eigenvalue weighted by Gasteiger charge is -2.37. The molecule has 0 spiro atoms. The van der Waals surface area contributed by atoms with Gasteiger partial charge in [0.05, 0.1) is 11.7 Å². The molecular formula is C20H30FIN6O. The van der Waals surface area contributed by atoms with Crippen molar-refractivity contribution in [2.75, 3.05) is 53.9 Å². The Kier molecular flexibility index (Phi) is 9.31. The molecule has 1 aromatic heterocycles. The smallest absolute Gasteiger partial charge is 0.193 e. The van der Waals surface area contributed by atoms with Gasteiger partial charge in [0.15, 0.2) is 5.96 Å². The predicted octanol–water partition coefficient (Wildman–Crippen LogP) is 2.43. The van der Waals surface area contributed by atoms with Crippen molar-refractivity contribution in [3.8, 4) is 0 Å². The molecule has 1 N–H and O–H groups in total. The van der Waals surface area contributed by atoms with Crippen molar-refractivity contribution in [1.29, 1.82) is 0 Å². The van der Waals surface area contributed by atoms with Crippen LogP contribution in [0.25, 0.3) is 0 Å². The zero-order chi connectivity index (χ0) is 19.9. The molecule has 2 heterocycles. The molecule has 1 aliphatic heterocycles. The maximum absolute atomic E-state index is 13.2. The van der Waals surface area contributed by atoms with Gasteiger partial charge in [0.1, 0.15) is 12.1 Å². The van der Waals surface area contributed by atoms with Gasteiger partial charge in [-0.05, 0) is 31.8 Å². The number of hydrogen-bond donors (Lipinski definition) is 1. The summed E-state index contributed by atoms with van der Waals surface area (Å²) in [7, 11) is 5.87.